The summed E-state index contributed by atoms with van der Waals surface area (Å²) in [7, 11) is 0. The molecule has 6 aromatic carbocycles. The number of rotatable bonds is 2. The van der Waals surface area contributed by atoms with E-state index in [1.54, 1.807) is 16.7 Å². The van der Waals surface area contributed by atoms with Gasteiger partial charge in [0.1, 0.15) is 11.2 Å². The molecule has 6 fully saturated rings. The molecule has 9 aromatic rings. The molecule has 8 aliphatic carbocycles. The van der Waals surface area contributed by atoms with Gasteiger partial charge in [-0.3, -0.25) is 0 Å². The lowest BCUT2D eigenvalue weighted by molar-refractivity contribution is 0.00321. The van der Waals surface area contributed by atoms with Gasteiger partial charge in [-0.2, -0.15) is 5.26 Å². The molecule has 3 heterocycles. The number of fused-ring (bicyclic) bond motifs is 21. The Kier molecular flexibility index (Phi) is 5.19. The Bertz CT molecular complexity index is 3540. The molecule has 2 spiro atoms. The first-order valence-electron chi connectivity index (χ1n) is 23.3. The summed E-state index contributed by atoms with van der Waals surface area (Å²) in [6, 6.07) is 39.8. The predicted octanol–water partition coefficient (Wildman–Crippen LogP) is 14.7. The minimum Gasteiger partial charge on any atom is -0.455 e. The second-order valence-corrected chi connectivity index (χ2v) is 21.6. The van der Waals surface area contributed by atoms with Crippen LogP contribution in [0.3, 0.4) is 0 Å². The predicted molar refractivity (Wildman–Crippen MR) is 240 cm³/mol. The first-order valence-corrected chi connectivity index (χ1v) is 23.3. The molecule has 6 saturated carbocycles. The topological polar surface area (TPSA) is 41.3 Å². The highest BCUT2D eigenvalue weighted by atomic mass is 16.3. The van der Waals surface area contributed by atoms with Crippen molar-refractivity contribution in [1.29, 1.82) is 5.26 Å². The van der Waals surface area contributed by atoms with Crippen LogP contribution < -0.4 is 0 Å². The molecule has 288 valence electrons. The molecule has 60 heavy (non-hydrogen) atoms. The van der Waals surface area contributed by atoms with E-state index in [0.717, 1.165) is 40.4 Å². The molecule has 10 atom stereocenters. The number of nitriles is 1. The molecule has 0 radical (unpaired) electrons. The largest absolute Gasteiger partial charge is 0.455 e. The van der Waals surface area contributed by atoms with Crippen LogP contribution in [-0.2, 0) is 0 Å². The van der Waals surface area contributed by atoms with Crippen molar-refractivity contribution in [2.75, 3.05) is 0 Å². The van der Waals surface area contributed by atoms with Crippen LogP contribution >= 0.6 is 0 Å². The van der Waals surface area contributed by atoms with Crippen molar-refractivity contribution in [1.82, 2.24) is 4.40 Å². The molecule has 17 rings (SSSR count). The second kappa shape index (κ2) is 9.95. The molecule has 0 N–H and O–H groups in total. The summed E-state index contributed by atoms with van der Waals surface area (Å²) < 4.78 is 9.55. The Morgan fingerprint density at radius 3 is 1.95 bits per heavy atom. The van der Waals surface area contributed by atoms with E-state index in [2.05, 4.69) is 108 Å². The number of hydrogen-bond acceptors (Lipinski definition) is 2. The first kappa shape index (κ1) is 31.3. The standard InChI is InChI=1S/C57H44N2O/c58-27-34-20-46-53(51-33-17-38-22-36-15-31(48(34)51)24-57(36,38)26-33)44-19-29(39-10-11-42-41-8-4-5-9-47(41)60-55(42)50(39)28-6-2-1-3-7-28)18-43-52-45(59(46)54(43)44)13-12-40-30-14-35-21-37-16-32(49(40)52)25-56(35,37)23-30/h1-13,18-20,30-33,35-38H,14-17,21-26H2. The van der Waals surface area contributed by atoms with E-state index in [1.165, 1.54) is 141 Å². The van der Waals surface area contributed by atoms with Crippen LogP contribution in [0.2, 0.25) is 0 Å². The van der Waals surface area contributed by atoms with Crippen LogP contribution in [0.4, 0.5) is 0 Å². The van der Waals surface area contributed by atoms with E-state index < -0.39 is 0 Å². The van der Waals surface area contributed by atoms with Gasteiger partial charge in [0.05, 0.1) is 28.2 Å². The molecule has 6 bridgehead atoms. The minimum absolute atomic E-state index is 0.517. The van der Waals surface area contributed by atoms with Gasteiger partial charge >= 0.3 is 0 Å². The summed E-state index contributed by atoms with van der Waals surface area (Å²) in [5.74, 6) is 6.00. The van der Waals surface area contributed by atoms with E-state index in [1.807, 2.05) is 0 Å². The average Bonchev–Trinajstić information content (AvgIpc) is 4.11. The van der Waals surface area contributed by atoms with Gasteiger partial charge in [-0.25, -0.2) is 0 Å². The van der Waals surface area contributed by atoms with E-state index >= 15 is 0 Å². The van der Waals surface area contributed by atoms with Gasteiger partial charge in [-0.1, -0.05) is 60.7 Å². The zero-order chi connectivity index (χ0) is 38.5. The normalized spacial score (nSPS) is 33.5. The number of benzene rings is 6. The highest BCUT2D eigenvalue weighted by molar-refractivity contribution is 6.27. The van der Waals surface area contributed by atoms with Crippen LogP contribution in [0, 0.1) is 45.8 Å². The Morgan fingerprint density at radius 2 is 1.20 bits per heavy atom. The van der Waals surface area contributed by atoms with Gasteiger partial charge in [0, 0.05) is 37.9 Å². The maximum atomic E-state index is 11.1. The maximum absolute atomic E-state index is 11.1. The Balaban J connectivity index is 1.04. The third-order valence-corrected chi connectivity index (χ3v) is 19.9. The summed E-state index contributed by atoms with van der Waals surface area (Å²) in [5.41, 5.74) is 19.3. The number of furan rings is 1. The third kappa shape index (κ3) is 3.28. The van der Waals surface area contributed by atoms with Gasteiger partial charge in [0.25, 0.3) is 0 Å². The van der Waals surface area contributed by atoms with Crippen molar-refractivity contribution in [3.63, 3.8) is 0 Å². The second-order valence-electron chi connectivity index (χ2n) is 21.6. The van der Waals surface area contributed by atoms with Gasteiger partial charge in [0.2, 0.25) is 0 Å². The minimum atomic E-state index is 0.517. The van der Waals surface area contributed by atoms with E-state index in [4.69, 9.17) is 4.42 Å². The molecular formula is C57H44N2O. The summed E-state index contributed by atoms with van der Waals surface area (Å²) in [6.07, 6.45) is 13.7. The summed E-state index contributed by atoms with van der Waals surface area (Å²) in [4.78, 5) is 0. The van der Waals surface area contributed by atoms with Crippen molar-refractivity contribution in [2.45, 2.75) is 87.9 Å². The van der Waals surface area contributed by atoms with Gasteiger partial charge in [-0.05, 0) is 198 Å². The monoisotopic (exact) mass is 772 g/mol. The summed E-state index contributed by atoms with van der Waals surface area (Å²) >= 11 is 0. The Hall–Kier alpha value is -5.59. The third-order valence-electron chi connectivity index (χ3n) is 19.9. The lowest BCUT2D eigenvalue weighted by Crippen LogP contribution is -2.41. The summed E-state index contributed by atoms with van der Waals surface area (Å²) in [6.45, 7) is 0. The van der Waals surface area contributed by atoms with Gasteiger partial charge in [-0.15, -0.1) is 0 Å². The molecule has 10 unspecified atom stereocenters. The zero-order valence-electron chi connectivity index (χ0n) is 33.7. The average molecular weight is 773 g/mol. The van der Waals surface area contributed by atoms with Crippen LogP contribution in [0.15, 0.2) is 101 Å². The molecule has 3 aromatic heterocycles. The fourth-order valence-electron chi connectivity index (χ4n) is 17.9. The Labute approximate surface area is 348 Å². The molecule has 0 amide bonds. The van der Waals surface area contributed by atoms with Gasteiger partial charge < -0.3 is 8.82 Å². The van der Waals surface area contributed by atoms with Crippen LogP contribution in [-0.4, -0.2) is 4.40 Å². The molecule has 3 nitrogen and oxygen atoms in total. The fraction of sp³-hybridized carbons (Fsp3) is 0.351. The van der Waals surface area contributed by atoms with Crippen LogP contribution in [0.25, 0.3) is 82.3 Å². The van der Waals surface area contributed by atoms with Crippen LogP contribution in [0.5, 0.6) is 0 Å². The quantitative estimate of drug-likeness (QED) is 0.176. The zero-order valence-corrected chi connectivity index (χ0v) is 33.7. The van der Waals surface area contributed by atoms with E-state index in [0.29, 0.717) is 34.5 Å². The molecule has 8 aliphatic rings. The first-order chi connectivity index (χ1) is 29.6. The smallest absolute Gasteiger partial charge is 0.143 e. The molecule has 0 saturated heterocycles. The highest BCUT2D eigenvalue weighted by Crippen LogP contribution is 2.78. The molecular weight excluding hydrogens is 729 g/mol. The van der Waals surface area contributed by atoms with Crippen molar-refractivity contribution < 1.29 is 4.42 Å². The Morgan fingerprint density at radius 1 is 0.550 bits per heavy atom. The van der Waals surface area contributed by atoms with Crippen molar-refractivity contribution >= 4 is 60.0 Å². The SMILES string of the molecule is N#Cc1cc2c(c3c1C1CC4CC5CC3CC45C1)c1cc(-c3ccc4c(oc5ccccc54)c3-c3ccccc3)cc3c4c5c(ccc4n2c31)C1CC2CC3CC5CC23C1. The number of nitrogens with zero attached hydrogens (tertiary/aromatic N) is 2. The highest BCUT2D eigenvalue weighted by Gasteiger charge is 2.67. The number of para-hydroxylation sites is 1. The lowest BCUT2D eigenvalue weighted by atomic mass is 9.56. The number of aromatic nitrogens is 1. The van der Waals surface area contributed by atoms with Crippen molar-refractivity contribution in [3.8, 4) is 28.3 Å². The van der Waals surface area contributed by atoms with Crippen LogP contribution in [0.1, 0.15) is 116 Å². The summed E-state index contributed by atoms with van der Waals surface area (Å²) in [5, 5.41) is 19.3. The maximum Gasteiger partial charge on any atom is 0.143 e. The number of hydrogen-bond donors (Lipinski definition) is 0. The van der Waals surface area contributed by atoms with E-state index in [-0.39, 0.29) is 0 Å². The molecule has 0 aliphatic heterocycles. The van der Waals surface area contributed by atoms with E-state index in [9.17, 15) is 5.26 Å². The van der Waals surface area contributed by atoms with Crippen molar-refractivity contribution in [3.05, 3.63) is 125 Å². The molecule has 3 heteroatoms. The fourth-order valence-corrected chi connectivity index (χ4v) is 17.9. The lowest BCUT2D eigenvalue weighted by Gasteiger charge is -2.48. The van der Waals surface area contributed by atoms with Crippen molar-refractivity contribution in [2.24, 2.45) is 34.5 Å². The van der Waals surface area contributed by atoms with Gasteiger partial charge in [0.15, 0.2) is 0 Å².